The lowest BCUT2D eigenvalue weighted by Crippen LogP contribution is -2.53. The van der Waals surface area contributed by atoms with Gasteiger partial charge in [0.2, 0.25) is 5.91 Å². The Labute approximate surface area is 174 Å². The monoisotopic (exact) mass is 416 g/mol. The molecule has 2 aromatic carbocycles. The van der Waals surface area contributed by atoms with Crippen LogP contribution in [0.5, 0.6) is 5.75 Å². The van der Waals surface area contributed by atoms with Gasteiger partial charge in [-0.1, -0.05) is 30.3 Å². The Kier molecular flexibility index (Phi) is 7.62. The molecule has 0 saturated carbocycles. The molecule has 7 nitrogen and oxygen atoms in total. The Hall–Kier alpha value is -3.13. The summed E-state index contributed by atoms with van der Waals surface area (Å²) in [4.78, 5) is 26.3. The van der Waals surface area contributed by atoms with Crippen molar-refractivity contribution in [2.75, 3.05) is 26.3 Å². The fraction of sp³-hybridized carbons (Fsp3) is 0.364. The number of hydrogen-bond acceptors (Lipinski definition) is 5. The molecule has 0 radical (unpaired) electrons. The number of nitrogens with one attached hydrogen (secondary N) is 1. The SMILES string of the molecule is CC(NC(=O)OCc1ccccc1)C(=O)N1CCOC(COc2ccc(F)cc2)C1. The lowest BCUT2D eigenvalue weighted by Gasteiger charge is -2.34. The smallest absolute Gasteiger partial charge is 0.408 e. The van der Waals surface area contributed by atoms with Crippen LogP contribution in [-0.2, 0) is 20.9 Å². The molecule has 0 aliphatic carbocycles. The molecule has 1 aliphatic rings. The van der Waals surface area contributed by atoms with Crippen molar-refractivity contribution in [1.29, 1.82) is 0 Å². The highest BCUT2D eigenvalue weighted by atomic mass is 19.1. The van der Waals surface area contributed by atoms with E-state index in [1.54, 1.807) is 11.8 Å². The van der Waals surface area contributed by atoms with Crippen LogP contribution in [0.4, 0.5) is 9.18 Å². The molecular formula is C22H25FN2O5. The van der Waals surface area contributed by atoms with Crippen LogP contribution in [0.3, 0.4) is 0 Å². The van der Waals surface area contributed by atoms with Gasteiger partial charge in [-0.15, -0.1) is 0 Å². The molecule has 160 valence electrons. The lowest BCUT2D eigenvalue weighted by atomic mass is 10.2. The summed E-state index contributed by atoms with van der Waals surface area (Å²) >= 11 is 0. The van der Waals surface area contributed by atoms with Crippen LogP contribution >= 0.6 is 0 Å². The summed E-state index contributed by atoms with van der Waals surface area (Å²) < 4.78 is 29.4. The summed E-state index contributed by atoms with van der Waals surface area (Å²) in [6.07, 6.45) is -0.964. The summed E-state index contributed by atoms with van der Waals surface area (Å²) in [5.41, 5.74) is 0.865. The van der Waals surface area contributed by atoms with E-state index in [0.29, 0.717) is 25.4 Å². The molecule has 1 aliphatic heterocycles. The lowest BCUT2D eigenvalue weighted by molar-refractivity contribution is -0.141. The number of amides is 2. The van der Waals surface area contributed by atoms with E-state index < -0.39 is 12.1 Å². The van der Waals surface area contributed by atoms with Gasteiger partial charge < -0.3 is 24.4 Å². The van der Waals surface area contributed by atoms with Gasteiger partial charge in [0.05, 0.1) is 13.2 Å². The summed E-state index contributed by atoms with van der Waals surface area (Å²) in [5, 5.41) is 2.57. The van der Waals surface area contributed by atoms with Crippen LogP contribution in [0.2, 0.25) is 0 Å². The predicted octanol–water partition coefficient (Wildman–Crippen LogP) is 2.75. The molecule has 8 heteroatoms. The van der Waals surface area contributed by atoms with Gasteiger partial charge in [-0.05, 0) is 36.8 Å². The van der Waals surface area contributed by atoms with E-state index in [2.05, 4.69) is 5.32 Å². The van der Waals surface area contributed by atoms with Crippen LogP contribution in [-0.4, -0.2) is 55.3 Å². The normalized spacial score (nSPS) is 17.1. The number of alkyl carbamates (subject to hydrolysis) is 1. The summed E-state index contributed by atoms with van der Waals surface area (Å²) in [7, 11) is 0. The van der Waals surface area contributed by atoms with Crippen molar-refractivity contribution in [2.24, 2.45) is 0 Å². The first-order valence-electron chi connectivity index (χ1n) is 9.77. The van der Waals surface area contributed by atoms with Crippen molar-refractivity contribution in [2.45, 2.75) is 25.7 Å². The minimum absolute atomic E-state index is 0.133. The molecule has 2 unspecified atom stereocenters. The quantitative estimate of drug-likeness (QED) is 0.751. The zero-order chi connectivity index (χ0) is 21.3. The molecule has 0 spiro atoms. The van der Waals surface area contributed by atoms with Crippen molar-refractivity contribution >= 4 is 12.0 Å². The van der Waals surface area contributed by atoms with Gasteiger partial charge >= 0.3 is 6.09 Å². The first kappa shape index (κ1) is 21.6. The van der Waals surface area contributed by atoms with Gasteiger partial charge in [-0.2, -0.15) is 0 Å². The Balaban J connectivity index is 1.43. The Morgan fingerprint density at radius 3 is 2.67 bits per heavy atom. The molecule has 30 heavy (non-hydrogen) atoms. The molecule has 1 N–H and O–H groups in total. The molecule has 3 rings (SSSR count). The van der Waals surface area contributed by atoms with Gasteiger partial charge in [-0.3, -0.25) is 4.79 Å². The van der Waals surface area contributed by atoms with Crippen LogP contribution in [0.15, 0.2) is 54.6 Å². The number of carbonyl (C=O) groups is 2. The fourth-order valence-electron chi connectivity index (χ4n) is 3.02. The Bertz CT molecular complexity index is 831. The number of nitrogens with zero attached hydrogens (tertiary/aromatic N) is 1. The minimum atomic E-state index is -0.731. The first-order valence-corrected chi connectivity index (χ1v) is 9.77. The van der Waals surface area contributed by atoms with E-state index in [0.717, 1.165) is 5.56 Å². The summed E-state index contributed by atoms with van der Waals surface area (Å²) in [6, 6.07) is 14.3. The minimum Gasteiger partial charge on any atom is -0.491 e. The second-order valence-electron chi connectivity index (χ2n) is 6.97. The fourth-order valence-corrected chi connectivity index (χ4v) is 3.02. The number of halogens is 1. The highest BCUT2D eigenvalue weighted by Crippen LogP contribution is 2.14. The van der Waals surface area contributed by atoms with E-state index >= 15 is 0 Å². The van der Waals surface area contributed by atoms with Crippen molar-refractivity contribution < 1.29 is 28.2 Å². The van der Waals surface area contributed by atoms with Gasteiger partial charge in [0.15, 0.2) is 0 Å². The number of morpholine rings is 1. The molecule has 2 amide bonds. The van der Waals surface area contributed by atoms with E-state index in [9.17, 15) is 14.0 Å². The molecule has 1 saturated heterocycles. The van der Waals surface area contributed by atoms with Gasteiger partial charge in [0.25, 0.3) is 0 Å². The predicted molar refractivity (Wildman–Crippen MR) is 107 cm³/mol. The topological polar surface area (TPSA) is 77.1 Å². The number of rotatable bonds is 7. The maximum Gasteiger partial charge on any atom is 0.408 e. The van der Waals surface area contributed by atoms with E-state index in [1.165, 1.54) is 24.3 Å². The third kappa shape index (κ3) is 6.45. The second kappa shape index (κ2) is 10.6. The van der Waals surface area contributed by atoms with Crippen molar-refractivity contribution in [1.82, 2.24) is 10.2 Å². The molecule has 1 heterocycles. The standard InChI is InChI=1S/C22H25FN2O5/c1-16(24-22(27)30-14-17-5-3-2-4-6-17)21(26)25-11-12-28-20(13-25)15-29-19-9-7-18(23)8-10-19/h2-10,16,20H,11-15H2,1H3,(H,24,27). The summed E-state index contributed by atoms with van der Waals surface area (Å²) in [5.74, 6) is -0.0294. The molecule has 0 bridgehead atoms. The average molecular weight is 416 g/mol. The van der Waals surface area contributed by atoms with Gasteiger partial charge in [0, 0.05) is 6.54 Å². The molecule has 2 aromatic rings. The highest BCUT2D eigenvalue weighted by molar-refractivity contribution is 5.85. The number of hydrogen-bond donors (Lipinski definition) is 1. The zero-order valence-corrected chi connectivity index (χ0v) is 16.8. The highest BCUT2D eigenvalue weighted by Gasteiger charge is 2.28. The Morgan fingerprint density at radius 2 is 1.93 bits per heavy atom. The average Bonchev–Trinajstić information content (AvgIpc) is 2.77. The molecule has 1 fully saturated rings. The number of carbonyl (C=O) groups excluding carboxylic acids is 2. The summed E-state index contributed by atoms with van der Waals surface area (Å²) in [6.45, 7) is 3.12. The van der Waals surface area contributed by atoms with Gasteiger partial charge in [-0.25, -0.2) is 9.18 Å². The maximum absolute atomic E-state index is 13.0. The number of benzene rings is 2. The van der Waals surface area contributed by atoms with Gasteiger partial charge in [0.1, 0.15) is 36.9 Å². The third-order valence-corrected chi connectivity index (χ3v) is 4.62. The van der Waals surface area contributed by atoms with Crippen LogP contribution in [0, 0.1) is 5.82 Å². The van der Waals surface area contributed by atoms with Crippen molar-refractivity contribution in [3.63, 3.8) is 0 Å². The third-order valence-electron chi connectivity index (χ3n) is 4.62. The largest absolute Gasteiger partial charge is 0.491 e. The molecular weight excluding hydrogens is 391 g/mol. The van der Waals surface area contributed by atoms with E-state index in [4.69, 9.17) is 14.2 Å². The van der Waals surface area contributed by atoms with E-state index in [1.807, 2.05) is 30.3 Å². The van der Waals surface area contributed by atoms with Crippen LogP contribution < -0.4 is 10.1 Å². The molecule has 2 atom stereocenters. The first-order chi connectivity index (χ1) is 14.5. The van der Waals surface area contributed by atoms with Crippen LogP contribution in [0.1, 0.15) is 12.5 Å². The number of ether oxygens (including phenoxy) is 3. The van der Waals surface area contributed by atoms with Crippen molar-refractivity contribution in [3.05, 3.63) is 66.0 Å². The van der Waals surface area contributed by atoms with E-state index in [-0.39, 0.29) is 31.0 Å². The van der Waals surface area contributed by atoms with Crippen LogP contribution in [0.25, 0.3) is 0 Å². The van der Waals surface area contributed by atoms with Crippen molar-refractivity contribution in [3.8, 4) is 5.75 Å². The molecule has 0 aromatic heterocycles. The zero-order valence-electron chi connectivity index (χ0n) is 16.8. The Morgan fingerprint density at radius 1 is 1.20 bits per heavy atom. The maximum atomic E-state index is 13.0. The second-order valence-corrected chi connectivity index (χ2v) is 6.97.